The molecular formula is C21H23FN6O. The van der Waals surface area contributed by atoms with Crippen LogP contribution in [0.15, 0.2) is 42.7 Å². The Balaban J connectivity index is 1.37. The lowest BCUT2D eigenvalue weighted by atomic mass is 9.89. The first kappa shape index (κ1) is 19.0. The zero-order valence-corrected chi connectivity index (χ0v) is 16.2. The lowest BCUT2D eigenvalue weighted by molar-refractivity contribution is -0.120. The molecule has 0 saturated heterocycles. The molecule has 0 fully saturated rings. The van der Waals surface area contributed by atoms with Gasteiger partial charge in [0.2, 0.25) is 5.91 Å². The van der Waals surface area contributed by atoms with Crippen LogP contribution in [0.2, 0.25) is 0 Å². The number of tetrazole rings is 1. The van der Waals surface area contributed by atoms with Crippen LogP contribution < -0.4 is 10.6 Å². The van der Waals surface area contributed by atoms with E-state index in [9.17, 15) is 9.18 Å². The zero-order chi connectivity index (χ0) is 20.2. The fourth-order valence-electron chi connectivity index (χ4n) is 3.64. The van der Waals surface area contributed by atoms with Gasteiger partial charge in [0, 0.05) is 0 Å². The number of aryl methyl sites for hydroxylation is 2. The molecule has 8 heteroatoms. The summed E-state index contributed by atoms with van der Waals surface area (Å²) in [6, 6.07) is 10.8. The third-order valence-electron chi connectivity index (χ3n) is 5.25. The van der Waals surface area contributed by atoms with E-state index in [1.54, 1.807) is 12.1 Å². The van der Waals surface area contributed by atoms with Crippen molar-refractivity contribution >= 4 is 11.6 Å². The topological polar surface area (TPSA) is 84.7 Å². The molecule has 2 aromatic carbocycles. The van der Waals surface area contributed by atoms with Crippen molar-refractivity contribution in [3.05, 3.63) is 65.2 Å². The van der Waals surface area contributed by atoms with Gasteiger partial charge in [-0.15, -0.1) is 5.10 Å². The van der Waals surface area contributed by atoms with Crippen LogP contribution >= 0.6 is 0 Å². The molecule has 150 valence electrons. The number of hydrogen-bond donors (Lipinski definition) is 2. The summed E-state index contributed by atoms with van der Waals surface area (Å²) in [4.78, 5) is 12.4. The molecule has 0 aliphatic heterocycles. The van der Waals surface area contributed by atoms with Gasteiger partial charge >= 0.3 is 0 Å². The fraction of sp³-hybridized carbons (Fsp3) is 0.333. The Morgan fingerprint density at radius 1 is 1.17 bits per heavy atom. The molecule has 7 nitrogen and oxygen atoms in total. The van der Waals surface area contributed by atoms with E-state index in [4.69, 9.17) is 0 Å². The normalized spacial score (nSPS) is 14.1. The summed E-state index contributed by atoms with van der Waals surface area (Å²) in [7, 11) is 0. The quantitative estimate of drug-likeness (QED) is 0.671. The van der Waals surface area contributed by atoms with Gasteiger partial charge in [-0.3, -0.25) is 4.79 Å². The molecule has 1 heterocycles. The molecule has 1 aliphatic rings. The molecule has 0 bridgehead atoms. The van der Waals surface area contributed by atoms with E-state index in [-0.39, 0.29) is 24.2 Å². The second-order valence-corrected chi connectivity index (χ2v) is 7.30. The van der Waals surface area contributed by atoms with E-state index >= 15 is 0 Å². The van der Waals surface area contributed by atoms with Gasteiger partial charge in [0.25, 0.3) is 0 Å². The van der Waals surface area contributed by atoms with E-state index < -0.39 is 5.82 Å². The zero-order valence-electron chi connectivity index (χ0n) is 16.2. The number of rotatable bonds is 6. The number of nitrogens with one attached hydrogen (secondary N) is 2. The molecule has 0 spiro atoms. The summed E-state index contributed by atoms with van der Waals surface area (Å²) in [6.45, 7) is 1.92. The van der Waals surface area contributed by atoms with Gasteiger partial charge in [-0.1, -0.05) is 18.2 Å². The van der Waals surface area contributed by atoms with Gasteiger partial charge < -0.3 is 10.6 Å². The first-order valence-corrected chi connectivity index (χ1v) is 9.78. The molecule has 0 saturated carbocycles. The summed E-state index contributed by atoms with van der Waals surface area (Å²) in [5.41, 5.74) is 4.70. The molecule has 1 atom stereocenters. The minimum Gasteiger partial charge on any atom is -0.374 e. The van der Waals surface area contributed by atoms with Crippen molar-refractivity contribution in [1.82, 2.24) is 25.5 Å². The maximum Gasteiger partial charge on any atom is 0.239 e. The standard InChI is InChI=1S/C21H23FN6O/c1-14(16-7-6-15-4-2-3-5-17(15)10-16)25-21(29)12-23-20-11-18(8-9-19(20)22)28-13-24-26-27-28/h6-11,13-14,23H,2-5,12H2,1H3,(H,25,29). The number of hydrogen-bond acceptors (Lipinski definition) is 5. The van der Waals surface area contributed by atoms with Crippen molar-refractivity contribution in [1.29, 1.82) is 0 Å². The third kappa shape index (κ3) is 4.42. The van der Waals surface area contributed by atoms with E-state index in [2.05, 4.69) is 44.4 Å². The molecule has 0 radical (unpaired) electrons. The molecule has 2 N–H and O–H groups in total. The van der Waals surface area contributed by atoms with Crippen molar-refractivity contribution in [3.8, 4) is 5.69 Å². The fourth-order valence-corrected chi connectivity index (χ4v) is 3.64. The minimum atomic E-state index is -0.447. The number of benzene rings is 2. The molecule has 1 amide bonds. The number of carbonyl (C=O) groups is 1. The Labute approximate surface area is 168 Å². The largest absolute Gasteiger partial charge is 0.374 e. The van der Waals surface area contributed by atoms with E-state index in [1.165, 1.54) is 41.0 Å². The highest BCUT2D eigenvalue weighted by molar-refractivity contribution is 5.81. The van der Waals surface area contributed by atoms with Crippen molar-refractivity contribution in [2.75, 3.05) is 11.9 Å². The average molecular weight is 394 g/mol. The molecule has 1 aromatic heterocycles. The SMILES string of the molecule is CC(NC(=O)CNc1cc(-n2cnnn2)ccc1F)c1ccc2c(c1)CCCC2. The van der Waals surface area contributed by atoms with Gasteiger partial charge in [0.1, 0.15) is 12.1 Å². The number of anilines is 1. The number of nitrogens with zero attached hydrogens (tertiary/aromatic N) is 4. The number of amides is 1. The van der Waals surface area contributed by atoms with E-state index in [1.807, 2.05) is 6.92 Å². The first-order valence-electron chi connectivity index (χ1n) is 9.78. The highest BCUT2D eigenvalue weighted by atomic mass is 19.1. The molecule has 1 aliphatic carbocycles. The van der Waals surface area contributed by atoms with Gasteiger partial charge in [-0.25, -0.2) is 9.07 Å². The summed E-state index contributed by atoms with van der Waals surface area (Å²) in [5.74, 6) is -0.653. The first-order chi connectivity index (χ1) is 14.1. The maximum atomic E-state index is 14.1. The van der Waals surface area contributed by atoms with Gasteiger partial charge in [-0.05, 0) is 77.9 Å². The Kier molecular flexibility index (Phi) is 5.50. The highest BCUT2D eigenvalue weighted by Crippen LogP contribution is 2.25. The Morgan fingerprint density at radius 2 is 2.00 bits per heavy atom. The second-order valence-electron chi connectivity index (χ2n) is 7.30. The van der Waals surface area contributed by atoms with Gasteiger partial charge in [0.15, 0.2) is 0 Å². The molecular weight excluding hydrogens is 371 g/mol. The molecule has 3 aromatic rings. The molecule has 4 rings (SSSR count). The van der Waals surface area contributed by atoms with Crippen LogP contribution in [0.5, 0.6) is 0 Å². The van der Waals surface area contributed by atoms with Gasteiger partial charge in [-0.2, -0.15) is 0 Å². The maximum absolute atomic E-state index is 14.1. The minimum absolute atomic E-state index is 0.0364. The summed E-state index contributed by atoms with van der Waals surface area (Å²) < 4.78 is 15.5. The van der Waals surface area contributed by atoms with Crippen LogP contribution in [-0.2, 0) is 17.6 Å². The molecule has 29 heavy (non-hydrogen) atoms. The monoisotopic (exact) mass is 394 g/mol. The Hall–Kier alpha value is -3.29. The number of fused-ring (bicyclic) bond motifs is 1. The van der Waals surface area contributed by atoms with Gasteiger partial charge in [0.05, 0.1) is 24.0 Å². The van der Waals surface area contributed by atoms with Crippen molar-refractivity contribution in [2.24, 2.45) is 0 Å². The lowest BCUT2D eigenvalue weighted by Crippen LogP contribution is -2.32. The number of halogens is 1. The second kappa shape index (κ2) is 8.38. The van der Waals surface area contributed by atoms with Crippen LogP contribution in [0.1, 0.15) is 42.5 Å². The number of aromatic nitrogens is 4. The van der Waals surface area contributed by atoms with E-state index in [0.29, 0.717) is 5.69 Å². The van der Waals surface area contributed by atoms with Crippen molar-refractivity contribution < 1.29 is 9.18 Å². The average Bonchev–Trinajstić information content (AvgIpc) is 3.27. The van der Waals surface area contributed by atoms with Crippen LogP contribution in [0.25, 0.3) is 5.69 Å². The predicted octanol–water partition coefficient (Wildman–Crippen LogP) is 2.97. The Morgan fingerprint density at radius 3 is 2.79 bits per heavy atom. The summed E-state index contributed by atoms with van der Waals surface area (Å²) in [6.07, 6.45) is 6.12. The summed E-state index contributed by atoms with van der Waals surface area (Å²) in [5, 5.41) is 16.7. The van der Waals surface area contributed by atoms with Crippen LogP contribution in [0.4, 0.5) is 10.1 Å². The van der Waals surface area contributed by atoms with Crippen molar-refractivity contribution in [3.63, 3.8) is 0 Å². The lowest BCUT2D eigenvalue weighted by Gasteiger charge is -2.20. The summed E-state index contributed by atoms with van der Waals surface area (Å²) >= 11 is 0. The number of carbonyl (C=O) groups excluding carboxylic acids is 1. The van der Waals surface area contributed by atoms with E-state index in [0.717, 1.165) is 18.4 Å². The van der Waals surface area contributed by atoms with Crippen LogP contribution in [-0.4, -0.2) is 32.7 Å². The van der Waals surface area contributed by atoms with Crippen molar-refractivity contribution in [2.45, 2.75) is 38.6 Å². The van der Waals surface area contributed by atoms with Crippen LogP contribution in [0.3, 0.4) is 0 Å². The Bertz CT molecular complexity index is 1000. The highest BCUT2D eigenvalue weighted by Gasteiger charge is 2.14. The third-order valence-corrected chi connectivity index (χ3v) is 5.25. The predicted molar refractivity (Wildman–Crippen MR) is 107 cm³/mol. The smallest absolute Gasteiger partial charge is 0.239 e. The van der Waals surface area contributed by atoms with Crippen LogP contribution in [0, 0.1) is 5.82 Å². The molecule has 1 unspecified atom stereocenters.